The Morgan fingerprint density at radius 3 is 2.78 bits per heavy atom. The molecule has 1 aliphatic rings. The summed E-state index contributed by atoms with van der Waals surface area (Å²) in [6, 6.07) is 6.56. The highest BCUT2D eigenvalue weighted by Crippen LogP contribution is 2.23. The third-order valence-electron chi connectivity index (χ3n) is 3.91. The molecule has 1 aliphatic heterocycles. The van der Waals surface area contributed by atoms with E-state index in [9.17, 15) is 14.4 Å². The molecule has 0 spiro atoms. The monoisotopic (exact) mass is 382 g/mol. The standard InChI is InChI=1S/C16H19BrN2O4/c1-2-19-9-11(7-14(19)20)16(23)18-13(8-15(21)22)10-4-3-5-12(17)6-10/h3-6,11,13H,2,7-9H2,1H3,(H,18,23)(H,21,22)/t11-,13-/m0/s1. The Morgan fingerprint density at radius 2 is 2.22 bits per heavy atom. The summed E-state index contributed by atoms with van der Waals surface area (Å²) in [7, 11) is 0. The van der Waals surface area contributed by atoms with Crippen LogP contribution in [0.15, 0.2) is 28.7 Å². The van der Waals surface area contributed by atoms with Crippen molar-refractivity contribution in [3.05, 3.63) is 34.3 Å². The van der Waals surface area contributed by atoms with Gasteiger partial charge >= 0.3 is 5.97 Å². The number of hydrogen-bond acceptors (Lipinski definition) is 3. The number of carboxylic acids is 1. The van der Waals surface area contributed by atoms with Gasteiger partial charge in [0.15, 0.2) is 0 Å². The van der Waals surface area contributed by atoms with E-state index in [0.29, 0.717) is 18.7 Å². The van der Waals surface area contributed by atoms with Crippen molar-refractivity contribution >= 4 is 33.7 Å². The van der Waals surface area contributed by atoms with E-state index in [1.54, 1.807) is 23.1 Å². The summed E-state index contributed by atoms with van der Waals surface area (Å²) in [5.41, 5.74) is 0.715. The van der Waals surface area contributed by atoms with Crippen molar-refractivity contribution in [3.63, 3.8) is 0 Å². The van der Waals surface area contributed by atoms with Crippen molar-refractivity contribution in [2.45, 2.75) is 25.8 Å². The number of carbonyl (C=O) groups excluding carboxylic acids is 2. The third-order valence-corrected chi connectivity index (χ3v) is 4.41. The van der Waals surface area contributed by atoms with E-state index < -0.39 is 17.9 Å². The maximum absolute atomic E-state index is 12.4. The molecule has 23 heavy (non-hydrogen) atoms. The predicted molar refractivity (Wildman–Crippen MR) is 87.6 cm³/mol. The second-order valence-corrected chi connectivity index (χ2v) is 6.46. The highest BCUT2D eigenvalue weighted by Gasteiger charge is 2.34. The van der Waals surface area contributed by atoms with E-state index in [0.717, 1.165) is 4.47 Å². The molecule has 0 aromatic heterocycles. The molecule has 1 saturated heterocycles. The Morgan fingerprint density at radius 1 is 1.48 bits per heavy atom. The Kier molecular flexibility index (Phi) is 5.76. The SMILES string of the molecule is CCN1C[C@@H](C(=O)N[C@@H](CC(=O)O)c2cccc(Br)c2)CC1=O. The number of amides is 2. The van der Waals surface area contributed by atoms with Crippen LogP contribution in [0.2, 0.25) is 0 Å². The molecule has 1 heterocycles. The number of nitrogens with zero attached hydrogens (tertiary/aromatic N) is 1. The number of nitrogens with one attached hydrogen (secondary N) is 1. The molecule has 2 N–H and O–H groups in total. The third kappa shape index (κ3) is 4.54. The van der Waals surface area contributed by atoms with Crippen LogP contribution in [0.1, 0.15) is 31.4 Å². The van der Waals surface area contributed by atoms with Gasteiger partial charge in [-0.25, -0.2) is 0 Å². The minimum Gasteiger partial charge on any atom is -0.481 e. The van der Waals surface area contributed by atoms with E-state index in [1.165, 1.54) is 0 Å². The minimum atomic E-state index is -0.993. The van der Waals surface area contributed by atoms with Gasteiger partial charge in [0.05, 0.1) is 18.4 Å². The lowest BCUT2D eigenvalue weighted by Crippen LogP contribution is -2.36. The maximum Gasteiger partial charge on any atom is 0.305 e. The molecule has 124 valence electrons. The van der Waals surface area contributed by atoms with E-state index in [1.807, 2.05) is 13.0 Å². The summed E-state index contributed by atoms with van der Waals surface area (Å²) in [5.74, 6) is -1.73. The van der Waals surface area contributed by atoms with Crippen LogP contribution >= 0.6 is 15.9 Å². The molecule has 0 saturated carbocycles. The number of carbonyl (C=O) groups is 3. The first-order valence-electron chi connectivity index (χ1n) is 7.46. The Hall–Kier alpha value is -1.89. The van der Waals surface area contributed by atoms with Crippen LogP contribution in [0.25, 0.3) is 0 Å². The van der Waals surface area contributed by atoms with Gasteiger partial charge in [-0.1, -0.05) is 28.1 Å². The summed E-state index contributed by atoms with van der Waals surface area (Å²) in [6.45, 7) is 2.83. The first kappa shape index (κ1) is 17.5. The Balaban J connectivity index is 2.10. The molecule has 1 fully saturated rings. The summed E-state index contributed by atoms with van der Waals surface area (Å²) in [4.78, 5) is 36.9. The number of aliphatic carboxylic acids is 1. The van der Waals surface area contributed by atoms with Crippen LogP contribution in [0.3, 0.4) is 0 Å². The summed E-state index contributed by atoms with van der Waals surface area (Å²) >= 11 is 3.34. The second-order valence-electron chi connectivity index (χ2n) is 5.55. The molecular weight excluding hydrogens is 364 g/mol. The van der Waals surface area contributed by atoms with Crippen molar-refractivity contribution < 1.29 is 19.5 Å². The smallest absolute Gasteiger partial charge is 0.305 e. The molecule has 2 rings (SSSR count). The van der Waals surface area contributed by atoms with Crippen molar-refractivity contribution in [3.8, 4) is 0 Å². The maximum atomic E-state index is 12.4. The zero-order valence-electron chi connectivity index (χ0n) is 12.8. The molecule has 0 radical (unpaired) electrons. The first-order valence-corrected chi connectivity index (χ1v) is 8.25. The van der Waals surface area contributed by atoms with Gasteiger partial charge in [-0.15, -0.1) is 0 Å². The number of benzene rings is 1. The van der Waals surface area contributed by atoms with Crippen LogP contribution in [-0.2, 0) is 14.4 Å². The predicted octanol–water partition coefficient (Wildman–Crippen LogP) is 1.95. The quantitative estimate of drug-likeness (QED) is 0.786. The lowest BCUT2D eigenvalue weighted by atomic mass is 10.0. The van der Waals surface area contributed by atoms with Crippen molar-refractivity contribution in [1.82, 2.24) is 10.2 Å². The second kappa shape index (κ2) is 7.59. The molecular formula is C16H19BrN2O4. The Bertz CT molecular complexity index is 620. The summed E-state index contributed by atoms with van der Waals surface area (Å²) < 4.78 is 0.813. The van der Waals surface area contributed by atoms with E-state index in [2.05, 4.69) is 21.2 Å². The van der Waals surface area contributed by atoms with Crippen molar-refractivity contribution in [1.29, 1.82) is 0 Å². The first-order chi connectivity index (χ1) is 10.9. The van der Waals surface area contributed by atoms with Crippen LogP contribution in [-0.4, -0.2) is 40.9 Å². The molecule has 1 aromatic rings. The number of rotatable bonds is 6. The average molecular weight is 383 g/mol. The molecule has 6 nitrogen and oxygen atoms in total. The fourth-order valence-electron chi connectivity index (χ4n) is 2.69. The largest absolute Gasteiger partial charge is 0.481 e. The highest BCUT2D eigenvalue weighted by atomic mass is 79.9. The van der Waals surface area contributed by atoms with Crippen LogP contribution in [0.4, 0.5) is 0 Å². The number of likely N-dealkylation sites (tertiary alicyclic amines) is 1. The topological polar surface area (TPSA) is 86.7 Å². The Labute approximate surface area is 143 Å². The van der Waals surface area contributed by atoms with Gasteiger partial charge < -0.3 is 15.3 Å². The van der Waals surface area contributed by atoms with Gasteiger partial charge in [0.25, 0.3) is 0 Å². The van der Waals surface area contributed by atoms with Crippen LogP contribution in [0.5, 0.6) is 0 Å². The minimum absolute atomic E-state index is 0.0371. The van der Waals surface area contributed by atoms with Crippen LogP contribution < -0.4 is 5.32 Å². The molecule has 0 aliphatic carbocycles. The lowest BCUT2D eigenvalue weighted by Gasteiger charge is -2.20. The normalized spacial score (nSPS) is 18.8. The molecule has 0 unspecified atom stereocenters. The molecule has 2 atom stereocenters. The summed E-state index contributed by atoms with van der Waals surface area (Å²) in [6.07, 6.45) is -0.0295. The van der Waals surface area contributed by atoms with Gasteiger partial charge in [-0.2, -0.15) is 0 Å². The zero-order valence-corrected chi connectivity index (χ0v) is 14.4. The van der Waals surface area contributed by atoms with E-state index in [-0.39, 0.29) is 24.7 Å². The lowest BCUT2D eigenvalue weighted by molar-refractivity contribution is -0.138. The average Bonchev–Trinajstić information content (AvgIpc) is 2.87. The molecule has 1 aromatic carbocycles. The molecule has 0 bridgehead atoms. The van der Waals surface area contributed by atoms with Gasteiger partial charge in [-0.3, -0.25) is 14.4 Å². The van der Waals surface area contributed by atoms with Gasteiger partial charge in [0.1, 0.15) is 0 Å². The van der Waals surface area contributed by atoms with Crippen molar-refractivity contribution in [2.75, 3.05) is 13.1 Å². The van der Waals surface area contributed by atoms with E-state index >= 15 is 0 Å². The van der Waals surface area contributed by atoms with Gasteiger partial charge in [0.2, 0.25) is 11.8 Å². The van der Waals surface area contributed by atoms with Crippen LogP contribution in [0, 0.1) is 5.92 Å². The number of hydrogen-bond donors (Lipinski definition) is 2. The fraction of sp³-hybridized carbons (Fsp3) is 0.438. The van der Waals surface area contributed by atoms with Crippen molar-refractivity contribution in [2.24, 2.45) is 5.92 Å². The van der Waals surface area contributed by atoms with E-state index in [4.69, 9.17) is 5.11 Å². The number of carboxylic acid groups (broad SMARTS) is 1. The molecule has 7 heteroatoms. The fourth-order valence-corrected chi connectivity index (χ4v) is 3.11. The van der Waals surface area contributed by atoms with Gasteiger partial charge in [-0.05, 0) is 24.6 Å². The molecule has 2 amide bonds. The zero-order chi connectivity index (χ0) is 17.0. The summed E-state index contributed by atoms with van der Waals surface area (Å²) in [5, 5.41) is 11.9. The van der Waals surface area contributed by atoms with Gasteiger partial charge in [0, 0.05) is 24.0 Å². The highest BCUT2D eigenvalue weighted by molar-refractivity contribution is 9.10. The number of halogens is 1.